The van der Waals surface area contributed by atoms with Crippen molar-refractivity contribution in [3.63, 3.8) is 0 Å². The first-order valence-corrected chi connectivity index (χ1v) is 10.6. The topological polar surface area (TPSA) is 58.2 Å². The molecule has 2 rings (SSSR count). The fraction of sp³-hybridized carbons (Fsp3) is 0.714. The Hall–Kier alpha value is 0.0500. The molecule has 1 heterocycles. The van der Waals surface area contributed by atoms with E-state index in [0.29, 0.717) is 24.0 Å². The Labute approximate surface area is 139 Å². The minimum absolute atomic E-state index is 0.383. The molecule has 1 aromatic rings. The van der Waals surface area contributed by atoms with Crippen molar-refractivity contribution in [1.82, 2.24) is 10.0 Å². The molecule has 0 amide bonds. The van der Waals surface area contributed by atoms with E-state index in [9.17, 15) is 8.42 Å². The molecule has 7 heteroatoms. The van der Waals surface area contributed by atoms with Crippen LogP contribution in [0.1, 0.15) is 43.4 Å². The molecule has 0 saturated heterocycles. The van der Waals surface area contributed by atoms with Gasteiger partial charge in [-0.25, -0.2) is 13.1 Å². The van der Waals surface area contributed by atoms with E-state index in [2.05, 4.69) is 26.0 Å². The molecule has 21 heavy (non-hydrogen) atoms. The molecule has 0 radical (unpaired) electrons. The van der Waals surface area contributed by atoms with Gasteiger partial charge in [0.05, 0.1) is 8.68 Å². The van der Waals surface area contributed by atoms with Crippen molar-refractivity contribution in [1.29, 1.82) is 0 Å². The second-order valence-electron chi connectivity index (χ2n) is 5.51. The first-order chi connectivity index (χ1) is 9.99. The van der Waals surface area contributed by atoms with Crippen molar-refractivity contribution < 1.29 is 8.42 Å². The third-order valence-corrected chi connectivity index (χ3v) is 7.11. The molecule has 0 unspecified atom stereocenters. The highest BCUT2D eigenvalue weighted by atomic mass is 79.9. The van der Waals surface area contributed by atoms with E-state index in [1.807, 2.05) is 6.92 Å². The number of aryl methyl sites for hydroxylation is 1. The van der Waals surface area contributed by atoms with Gasteiger partial charge >= 0.3 is 0 Å². The van der Waals surface area contributed by atoms with Gasteiger partial charge in [0.1, 0.15) is 0 Å². The van der Waals surface area contributed by atoms with Gasteiger partial charge in [0, 0.05) is 24.0 Å². The fourth-order valence-electron chi connectivity index (χ4n) is 2.72. The summed E-state index contributed by atoms with van der Waals surface area (Å²) in [5.74, 6) is 0. The second-order valence-corrected chi connectivity index (χ2v) is 9.88. The first kappa shape index (κ1) is 17.4. The molecule has 0 spiro atoms. The number of thiophene rings is 1. The molecule has 0 aliphatic heterocycles. The van der Waals surface area contributed by atoms with E-state index in [-0.39, 0.29) is 0 Å². The van der Waals surface area contributed by atoms with Crippen LogP contribution < -0.4 is 10.0 Å². The minimum Gasteiger partial charge on any atom is -0.313 e. The fourth-order valence-corrected chi connectivity index (χ4v) is 6.16. The predicted molar refractivity (Wildman–Crippen MR) is 91.4 cm³/mol. The van der Waals surface area contributed by atoms with Crippen molar-refractivity contribution in [2.75, 3.05) is 13.1 Å². The lowest BCUT2D eigenvalue weighted by Crippen LogP contribution is -2.36. The highest BCUT2D eigenvalue weighted by Gasteiger charge is 2.19. The largest absolute Gasteiger partial charge is 0.313 e. The summed E-state index contributed by atoms with van der Waals surface area (Å²) in [6.45, 7) is 2.95. The molecule has 0 atom stereocenters. The maximum atomic E-state index is 12.2. The summed E-state index contributed by atoms with van der Waals surface area (Å²) in [6, 6.07) is 2.22. The summed E-state index contributed by atoms with van der Waals surface area (Å²) >= 11 is 4.77. The Morgan fingerprint density at radius 2 is 1.90 bits per heavy atom. The molecular formula is C14H23BrN2O2S2. The number of nitrogens with one attached hydrogen (secondary N) is 2. The lowest BCUT2D eigenvalue weighted by molar-refractivity contribution is 0.461. The van der Waals surface area contributed by atoms with Gasteiger partial charge in [-0.1, -0.05) is 25.7 Å². The number of rotatable bonds is 6. The summed E-state index contributed by atoms with van der Waals surface area (Å²) in [4.78, 5) is 1.19. The van der Waals surface area contributed by atoms with Crippen molar-refractivity contribution in [3.8, 4) is 0 Å². The van der Waals surface area contributed by atoms with E-state index >= 15 is 0 Å². The molecule has 4 nitrogen and oxygen atoms in total. The van der Waals surface area contributed by atoms with E-state index in [1.54, 1.807) is 6.07 Å². The predicted octanol–water partition coefficient (Wildman–Crippen LogP) is 3.41. The third kappa shape index (κ3) is 5.32. The first-order valence-electron chi connectivity index (χ1n) is 7.48. The van der Waals surface area contributed by atoms with Crippen LogP contribution >= 0.6 is 27.3 Å². The third-order valence-electron chi connectivity index (χ3n) is 3.84. The average Bonchev–Trinajstić information content (AvgIpc) is 2.65. The normalized spacial score (nSPS) is 17.8. The van der Waals surface area contributed by atoms with Gasteiger partial charge in [-0.2, -0.15) is 0 Å². The molecular weight excluding hydrogens is 372 g/mol. The molecule has 1 aromatic heterocycles. The van der Waals surface area contributed by atoms with Gasteiger partial charge in [-0.3, -0.25) is 0 Å². The SMILES string of the molecule is Cc1sc(Br)cc1S(=O)(=O)NCCNC1CCCCCC1. The van der Waals surface area contributed by atoms with E-state index in [4.69, 9.17) is 0 Å². The average molecular weight is 395 g/mol. The van der Waals surface area contributed by atoms with Crippen LogP contribution in [0.2, 0.25) is 0 Å². The maximum Gasteiger partial charge on any atom is 0.241 e. The number of hydrogen-bond acceptors (Lipinski definition) is 4. The summed E-state index contributed by atoms with van der Waals surface area (Å²) in [5, 5.41) is 3.47. The van der Waals surface area contributed by atoms with Crippen LogP contribution in [0.3, 0.4) is 0 Å². The highest BCUT2D eigenvalue weighted by Crippen LogP contribution is 2.29. The molecule has 0 aromatic carbocycles. The molecule has 1 saturated carbocycles. The van der Waals surface area contributed by atoms with E-state index in [0.717, 1.165) is 8.66 Å². The lowest BCUT2D eigenvalue weighted by atomic mass is 10.1. The molecule has 0 bridgehead atoms. The number of halogens is 1. The van der Waals surface area contributed by atoms with Gasteiger partial charge in [0.25, 0.3) is 0 Å². The van der Waals surface area contributed by atoms with Gasteiger partial charge in [0.15, 0.2) is 0 Å². The second kappa shape index (κ2) is 8.06. The summed E-state index contributed by atoms with van der Waals surface area (Å²) in [7, 11) is -3.39. The molecule has 1 aliphatic rings. The van der Waals surface area contributed by atoms with Crippen LogP contribution in [0.4, 0.5) is 0 Å². The molecule has 1 aliphatic carbocycles. The standard InChI is InChI=1S/C14H23BrN2O2S2/c1-11-13(10-14(15)20-11)21(18,19)17-9-8-16-12-6-4-2-3-5-7-12/h10,12,16-17H,2-9H2,1H3. The zero-order valence-electron chi connectivity index (χ0n) is 12.3. The summed E-state index contributed by atoms with van der Waals surface area (Å²) < 4.78 is 28.0. The lowest BCUT2D eigenvalue weighted by Gasteiger charge is -2.16. The Morgan fingerprint density at radius 1 is 1.24 bits per heavy atom. The van der Waals surface area contributed by atoms with Crippen molar-refractivity contribution in [2.24, 2.45) is 0 Å². The Morgan fingerprint density at radius 3 is 2.48 bits per heavy atom. The van der Waals surface area contributed by atoms with Gasteiger partial charge < -0.3 is 5.32 Å². The van der Waals surface area contributed by atoms with Crippen LogP contribution in [-0.4, -0.2) is 27.5 Å². The van der Waals surface area contributed by atoms with Crippen molar-refractivity contribution in [3.05, 3.63) is 14.7 Å². The molecule has 1 fully saturated rings. The van der Waals surface area contributed by atoms with Gasteiger partial charge in [-0.15, -0.1) is 11.3 Å². The van der Waals surface area contributed by atoms with E-state index in [1.165, 1.54) is 49.9 Å². The Bertz CT molecular complexity index is 549. The Kier molecular flexibility index (Phi) is 6.68. The molecule has 2 N–H and O–H groups in total. The zero-order valence-corrected chi connectivity index (χ0v) is 15.5. The van der Waals surface area contributed by atoms with Crippen LogP contribution in [0.15, 0.2) is 14.7 Å². The zero-order chi connectivity index (χ0) is 15.3. The van der Waals surface area contributed by atoms with E-state index < -0.39 is 10.0 Å². The van der Waals surface area contributed by atoms with Crippen LogP contribution in [0.5, 0.6) is 0 Å². The number of hydrogen-bond donors (Lipinski definition) is 2. The van der Waals surface area contributed by atoms with Gasteiger partial charge in [0.2, 0.25) is 10.0 Å². The molecule has 120 valence electrons. The van der Waals surface area contributed by atoms with Crippen molar-refractivity contribution in [2.45, 2.75) is 56.4 Å². The quantitative estimate of drug-likeness (QED) is 0.573. The van der Waals surface area contributed by atoms with Gasteiger partial charge in [-0.05, 0) is 41.8 Å². The van der Waals surface area contributed by atoms with Crippen LogP contribution in [0, 0.1) is 6.92 Å². The summed E-state index contributed by atoms with van der Waals surface area (Å²) in [6.07, 6.45) is 7.65. The van der Waals surface area contributed by atoms with Crippen LogP contribution in [0.25, 0.3) is 0 Å². The minimum atomic E-state index is -3.39. The van der Waals surface area contributed by atoms with Crippen molar-refractivity contribution >= 4 is 37.3 Å². The Balaban J connectivity index is 1.78. The number of sulfonamides is 1. The smallest absolute Gasteiger partial charge is 0.241 e. The highest BCUT2D eigenvalue weighted by molar-refractivity contribution is 9.11. The monoisotopic (exact) mass is 394 g/mol. The maximum absolute atomic E-state index is 12.2. The summed E-state index contributed by atoms with van der Waals surface area (Å²) in [5.41, 5.74) is 0. The van der Waals surface area contributed by atoms with Crippen LogP contribution in [-0.2, 0) is 10.0 Å².